The molecule has 0 N–H and O–H groups in total. The van der Waals surface area contributed by atoms with E-state index in [-0.39, 0.29) is 17.7 Å². The number of imide groups is 1. The van der Waals surface area contributed by atoms with Crippen molar-refractivity contribution in [2.75, 3.05) is 13.7 Å². The number of hydrogen-bond acceptors (Lipinski definition) is 5. The summed E-state index contributed by atoms with van der Waals surface area (Å²) in [5.74, 6) is 0.513. The van der Waals surface area contributed by atoms with Crippen LogP contribution in [0.25, 0.3) is 6.08 Å². The minimum absolute atomic E-state index is 0.179. The van der Waals surface area contributed by atoms with E-state index in [2.05, 4.69) is 6.58 Å². The summed E-state index contributed by atoms with van der Waals surface area (Å²) in [6.07, 6.45) is 3.13. The van der Waals surface area contributed by atoms with Gasteiger partial charge in [0, 0.05) is 6.54 Å². The molecule has 3 rings (SSSR count). The second-order valence-electron chi connectivity index (χ2n) is 5.89. The van der Waals surface area contributed by atoms with E-state index in [0.717, 1.165) is 22.2 Å². The Hall–Kier alpha value is -2.70. The lowest BCUT2D eigenvalue weighted by Crippen LogP contribution is -2.27. The number of halogens is 1. The summed E-state index contributed by atoms with van der Waals surface area (Å²) in [5, 5.41) is 0.0314. The smallest absolute Gasteiger partial charge is 0.293 e. The van der Waals surface area contributed by atoms with Crippen LogP contribution in [0.3, 0.4) is 0 Å². The first-order valence-corrected chi connectivity index (χ1v) is 9.63. The summed E-state index contributed by atoms with van der Waals surface area (Å²) in [7, 11) is 1.52. The molecule has 0 bridgehead atoms. The lowest BCUT2D eigenvalue weighted by Gasteiger charge is -2.13. The van der Waals surface area contributed by atoms with Gasteiger partial charge in [-0.05, 0) is 41.1 Å². The maximum absolute atomic E-state index is 12.4. The Labute approximate surface area is 172 Å². The van der Waals surface area contributed by atoms with Gasteiger partial charge in [-0.3, -0.25) is 14.5 Å². The summed E-state index contributed by atoms with van der Waals surface area (Å²) in [4.78, 5) is 25.8. The summed E-state index contributed by atoms with van der Waals surface area (Å²) in [6, 6.07) is 13.1. The van der Waals surface area contributed by atoms with Gasteiger partial charge < -0.3 is 9.47 Å². The molecule has 144 valence electrons. The molecule has 1 heterocycles. The zero-order valence-electron chi connectivity index (χ0n) is 15.2. The van der Waals surface area contributed by atoms with E-state index in [1.54, 1.807) is 18.2 Å². The first-order chi connectivity index (χ1) is 13.5. The average molecular weight is 416 g/mol. The Morgan fingerprint density at radius 1 is 1.21 bits per heavy atom. The highest BCUT2D eigenvalue weighted by Crippen LogP contribution is 2.39. The fourth-order valence-electron chi connectivity index (χ4n) is 2.63. The highest BCUT2D eigenvalue weighted by Gasteiger charge is 2.34. The number of ether oxygens (including phenoxy) is 2. The van der Waals surface area contributed by atoms with Crippen molar-refractivity contribution in [3.05, 3.63) is 76.2 Å². The predicted octanol–water partition coefficient (Wildman–Crippen LogP) is 5.15. The lowest BCUT2D eigenvalue weighted by molar-refractivity contribution is -0.122. The highest BCUT2D eigenvalue weighted by atomic mass is 35.5. The number of hydrogen-bond donors (Lipinski definition) is 0. The van der Waals surface area contributed by atoms with Crippen LogP contribution in [0, 0.1) is 0 Å². The second-order valence-corrected chi connectivity index (χ2v) is 7.29. The van der Waals surface area contributed by atoms with Gasteiger partial charge in [0.2, 0.25) is 0 Å². The topological polar surface area (TPSA) is 55.8 Å². The fraction of sp³-hybridized carbons (Fsp3) is 0.143. The molecule has 0 radical (unpaired) electrons. The molecule has 1 aliphatic heterocycles. The van der Waals surface area contributed by atoms with Crippen LogP contribution in [-0.2, 0) is 11.4 Å². The van der Waals surface area contributed by atoms with Crippen LogP contribution in [0.4, 0.5) is 4.79 Å². The minimum atomic E-state index is -0.352. The maximum Gasteiger partial charge on any atom is 0.293 e. The first-order valence-electron chi connectivity index (χ1n) is 8.44. The molecule has 5 nitrogen and oxygen atoms in total. The van der Waals surface area contributed by atoms with Gasteiger partial charge in [0.1, 0.15) is 6.61 Å². The van der Waals surface area contributed by atoms with Crippen molar-refractivity contribution in [3.8, 4) is 11.5 Å². The van der Waals surface area contributed by atoms with Crippen LogP contribution in [-0.4, -0.2) is 29.7 Å². The summed E-state index contributed by atoms with van der Waals surface area (Å²) < 4.78 is 11.2. The lowest BCUT2D eigenvalue weighted by atomic mass is 10.1. The molecular weight excluding hydrogens is 398 g/mol. The normalized spacial score (nSPS) is 15.2. The molecule has 2 aromatic carbocycles. The maximum atomic E-state index is 12.4. The summed E-state index contributed by atoms with van der Waals surface area (Å²) in [6.45, 7) is 4.09. The van der Waals surface area contributed by atoms with Crippen molar-refractivity contribution in [2.24, 2.45) is 0 Å². The van der Waals surface area contributed by atoms with Crippen molar-refractivity contribution >= 4 is 40.6 Å². The monoisotopic (exact) mass is 415 g/mol. The number of benzene rings is 2. The van der Waals surface area contributed by atoms with E-state index in [1.165, 1.54) is 13.2 Å². The van der Waals surface area contributed by atoms with Gasteiger partial charge in [-0.25, -0.2) is 0 Å². The van der Waals surface area contributed by atoms with Crippen LogP contribution in [0.15, 0.2) is 60.0 Å². The van der Waals surface area contributed by atoms with Crippen molar-refractivity contribution in [3.63, 3.8) is 0 Å². The number of carbonyl (C=O) groups excluding carboxylic acids is 2. The van der Waals surface area contributed by atoms with Gasteiger partial charge >= 0.3 is 0 Å². The first kappa shape index (κ1) is 20.0. The van der Waals surface area contributed by atoms with Gasteiger partial charge in [-0.1, -0.05) is 48.0 Å². The predicted molar refractivity (Wildman–Crippen MR) is 112 cm³/mol. The SMILES string of the molecule is C=CCN1C(=O)S/C(=C/c2cc(Cl)c(OCc3ccccc3)c(OC)c2)C1=O. The number of carbonyl (C=O) groups is 2. The Kier molecular flexibility index (Phi) is 6.44. The number of amides is 2. The van der Waals surface area contributed by atoms with Gasteiger partial charge in [0.25, 0.3) is 11.1 Å². The third-order valence-corrected chi connectivity index (χ3v) is 5.15. The Bertz CT molecular complexity index is 943. The molecule has 0 atom stereocenters. The van der Waals surface area contributed by atoms with E-state index >= 15 is 0 Å². The Morgan fingerprint density at radius 2 is 1.96 bits per heavy atom. The Morgan fingerprint density at radius 3 is 2.64 bits per heavy atom. The number of thioether (sulfide) groups is 1. The third-order valence-electron chi connectivity index (χ3n) is 3.96. The molecule has 0 spiro atoms. The number of rotatable bonds is 7. The van der Waals surface area contributed by atoms with Crippen molar-refractivity contribution in [2.45, 2.75) is 6.61 Å². The van der Waals surface area contributed by atoms with E-state index in [9.17, 15) is 9.59 Å². The van der Waals surface area contributed by atoms with E-state index in [1.807, 2.05) is 30.3 Å². The van der Waals surface area contributed by atoms with Crippen molar-refractivity contribution in [1.82, 2.24) is 4.90 Å². The van der Waals surface area contributed by atoms with Crippen LogP contribution < -0.4 is 9.47 Å². The largest absolute Gasteiger partial charge is 0.493 e. The van der Waals surface area contributed by atoms with Crippen LogP contribution >= 0.6 is 23.4 Å². The molecule has 1 saturated heterocycles. The van der Waals surface area contributed by atoms with Gasteiger partial charge in [0.15, 0.2) is 11.5 Å². The van der Waals surface area contributed by atoms with Crippen molar-refractivity contribution < 1.29 is 19.1 Å². The van der Waals surface area contributed by atoms with Gasteiger partial charge in [0.05, 0.1) is 17.0 Å². The molecule has 2 aromatic rings. The van der Waals surface area contributed by atoms with Gasteiger partial charge in [-0.15, -0.1) is 6.58 Å². The third kappa shape index (κ3) is 4.40. The van der Waals surface area contributed by atoms with Crippen LogP contribution in [0.5, 0.6) is 11.5 Å². The zero-order valence-corrected chi connectivity index (χ0v) is 16.8. The molecule has 1 aliphatic rings. The van der Waals surface area contributed by atoms with Crippen molar-refractivity contribution in [1.29, 1.82) is 0 Å². The summed E-state index contributed by atoms with van der Waals surface area (Å²) in [5.41, 5.74) is 1.64. The Balaban J connectivity index is 1.84. The second kappa shape index (κ2) is 8.99. The molecule has 0 unspecified atom stereocenters. The highest BCUT2D eigenvalue weighted by molar-refractivity contribution is 8.18. The van der Waals surface area contributed by atoms with E-state index < -0.39 is 0 Å². The molecule has 2 amide bonds. The molecule has 0 aromatic heterocycles. The van der Waals surface area contributed by atoms with Gasteiger partial charge in [-0.2, -0.15) is 0 Å². The standard InChI is InChI=1S/C21H18ClNO4S/c1-3-9-23-20(24)18(28-21(23)25)12-15-10-16(22)19(17(11-15)26-2)27-13-14-7-5-4-6-8-14/h3-8,10-12H,1,9,13H2,2H3/b18-12+. The molecule has 1 fully saturated rings. The van der Waals surface area contributed by atoms with Crippen LogP contribution in [0.1, 0.15) is 11.1 Å². The van der Waals surface area contributed by atoms with E-state index in [4.69, 9.17) is 21.1 Å². The quantitative estimate of drug-likeness (QED) is 0.462. The number of nitrogens with zero attached hydrogens (tertiary/aromatic N) is 1. The molecule has 0 saturated carbocycles. The van der Waals surface area contributed by atoms with Crippen LogP contribution in [0.2, 0.25) is 5.02 Å². The summed E-state index contributed by atoms with van der Waals surface area (Å²) >= 11 is 7.28. The fourth-order valence-corrected chi connectivity index (χ4v) is 3.75. The molecule has 7 heteroatoms. The molecule has 0 aliphatic carbocycles. The molecule has 28 heavy (non-hydrogen) atoms. The zero-order chi connectivity index (χ0) is 20.1. The van der Waals surface area contributed by atoms with E-state index in [0.29, 0.717) is 33.6 Å². The number of methoxy groups -OCH3 is 1. The average Bonchev–Trinajstić information content (AvgIpc) is 2.95. The minimum Gasteiger partial charge on any atom is -0.493 e. The molecular formula is C21H18ClNO4S.